The molecule has 1 saturated carbocycles. The molecular formula is C20H33IN4O2. The number of hydrogen-bond acceptors (Lipinski definition) is 3. The van der Waals surface area contributed by atoms with Crippen molar-refractivity contribution in [1.29, 1.82) is 0 Å². The molecule has 1 aromatic rings. The van der Waals surface area contributed by atoms with Gasteiger partial charge in [0, 0.05) is 20.6 Å². The van der Waals surface area contributed by atoms with Crippen LogP contribution in [0, 0.1) is 5.92 Å². The van der Waals surface area contributed by atoms with Crippen LogP contribution in [0.1, 0.15) is 37.7 Å². The Balaban J connectivity index is 0.00000364. The molecule has 0 atom stereocenters. The molecule has 152 valence electrons. The number of carbonyl (C=O) groups is 1. The molecule has 0 aliphatic heterocycles. The number of likely N-dealkylation sites (N-methyl/N-ethyl adjacent to an activating group) is 1. The van der Waals surface area contributed by atoms with E-state index in [-0.39, 0.29) is 36.4 Å². The zero-order chi connectivity index (χ0) is 18.8. The molecular weight excluding hydrogens is 455 g/mol. The average Bonchev–Trinajstić information content (AvgIpc) is 2.68. The number of amides is 1. The molecule has 0 bridgehead atoms. The molecule has 1 aliphatic rings. The normalized spacial score (nSPS) is 14.9. The third-order valence-electron chi connectivity index (χ3n) is 4.74. The number of hydrogen-bond donors (Lipinski definition) is 2. The highest BCUT2D eigenvalue weighted by Crippen LogP contribution is 2.22. The number of nitrogens with zero attached hydrogens (tertiary/aromatic N) is 2. The smallest absolute Gasteiger partial charge is 0.241 e. The fraction of sp³-hybridized carbons (Fsp3) is 0.600. The van der Waals surface area contributed by atoms with Crippen molar-refractivity contribution in [3.05, 3.63) is 29.8 Å². The second kappa shape index (κ2) is 12.8. The van der Waals surface area contributed by atoms with Crippen molar-refractivity contribution in [3.63, 3.8) is 0 Å². The molecule has 7 heteroatoms. The summed E-state index contributed by atoms with van der Waals surface area (Å²) >= 11 is 0. The van der Waals surface area contributed by atoms with E-state index in [0.29, 0.717) is 18.4 Å². The molecule has 1 aromatic carbocycles. The van der Waals surface area contributed by atoms with Crippen molar-refractivity contribution < 1.29 is 9.53 Å². The molecule has 27 heavy (non-hydrogen) atoms. The number of carbonyl (C=O) groups excluding carboxylic acids is 1. The topological polar surface area (TPSA) is 66.0 Å². The summed E-state index contributed by atoms with van der Waals surface area (Å²) in [5, 5.41) is 6.58. The predicted octanol–water partition coefficient (Wildman–Crippen LogP) is 3.02. The van der Waals surface area contributed by atoms with Crippen molar-refractivity contribution >= 4 is 35.8 Å². The highest BCUT2D eigenvalue weighted by molar-refractivity contribution is 14.0. The number of halogens is 1. The molecule has 2 rings (SSSR count). The van der Waals surface area contributed by atoms with Crippen LogP contribution >= 0.6 is 24.0 Å². The van der Waals surface area contributed by atoms with Gasteiger partial charge in [0.2, 0.25) is 5.91 Å². The van der Waals surface area contributed by atoms with E-state index < -0.39 is 0 Å². The van der Waals surface area contributed by atoms with E-state index >= 15 is 0 Å². The first kappa shape index (κ1) is 23.5. The number of guanidine groups is 1. The Labute approximate surface area is 180 Å². The second-order valence-electron chi connectivity index (χ2n) is 7.04. The van der Waals surface area contributed by atoms with Gasteiger partial charge in [-0.15, -0.1) is 24.0 Å². The molecule has 0 heterocycles. The van der Waals surface area contributed by atoms with Gasteiger partial charge in [-0.2, -0.15) is 0 Å². The van der Waals surface area contributed by atoms with Crippen LogP contribution in [-0.2, 0) is 11.3 Å². The Morgan fingerprint density at radius 3 is 2.63 bits per heavy atom. The summed E-state index contributed by atoms with van der Waals surface area (Å²) in [6, 6.07) is 7.88. The maximum atomic E-state index is 11.9. The van der Waals surface area contributed by atoms with Gasteiger partial charge in [0.25, 0.3) is 0 Å². The number of methoxy groups -OCH3 is 1. The number of ether oxygens (including phenoxy) is 1. The fourth-order valence-electron chi connectivity index (χ4n) is 3.07. The monoisotopic (exact) mass is 488 g/mol. The van der Waals surface area contributed by atoms with Crippen LogP contribution in [0.5, 0.6) is 5.75 Å². The SMILES string of the molecule is COc1cccc(CN=C(NCC(=O)N(C)C)NCC2CCCCC2)c1.I. The van der Waals surface area contributed by atoms with E-state index in [9.17, 15) is 4.79 Å². The lowest BCUT2D eigenvalue weighted by atomic mass is 9.89. The Morgan fingerprint density at radius 1 is 1.22 bits per heavy atom. The summed E-state index contributed by atoms with van der Waals surface area (Å²) in [6.45, 7) is 1.68. The molecule has 0 aromatic heterocycles. The van der Waals surface area contributed by atoms with Crippen LogP contribution in [0.15, 0.2) is 29.3 Å². The molecule has 0 unspecified atom stereocenters. The van der Waals surface area contributed by atoms with E-state index in [0.717, 1.165) is 17.9 Å². The average molecular weight is 488 g/mol. The van der Waals surface area contributed by atoms with Crippen LogP contribution in [-0.4, -0.2) is 51.1 Å². The third kappa shape index (κ3) is 8.81. The summed E-state index contributed by atoms with van der Waals surface area (Å²) in [7, 11) is 5.17. The zero-order valence-electron chi connectivity index (χ0n) is 16.7. The predicted molar refractivity (Wildman–Crippen MR) is 121 cm³/mol. The third-order valence-corrected chi connectivity index (χ3v) is 4.74. The lowest BCUT2D eigenvalue weighted by molar-refractivity contribution is -0.127. The maximum Gasteiger partial charge on any atom is 0.241 e. The zero-order valence-corrected chi connectivity index (χ0v) is 19.0. The van der Waals surface area contributed by atoms with E-state index in [1.54, 1.807) is 26.1 Å². The highest BCUT2D eigenvalue weighted by atomic mass is 127. The van der Waals surface area contributed by atoms with Gasteiger partial charge in [-0.25, -0.2) is 4.99 Å². The Hall–Kier alpha value is -1.51. The lowest BCUT2D eigenvalue weighted by Gasteiger charge is -2.23. The Kier molecular flexibility index (Phi) is 11.2. The first-order valence-corrected chi connectivity index (χ1v) is 9.43. The van der Waals surface area contributed by atoms with Gasteiger partial charge in [-0.05, 0) is 36.5 Å². The number of nitrogens with one attached hydrogen (secondary N) is 2. The first-order chi connectivity index (χ1) is 12.6. The minimum Gasteiger partial charge on any atom is -0.497 e. The molecule has 2 N–H and O–H groups in total. The van der Waals surface area contributed by atoms with Gasteiger partial charge in [0.1, 0.15) is 5.75 Å². The standard InChI is InChI=1S/C20H32N4O2.HI/c1-24(2)19(25)15-23-20(21-13-16-8-5-4-6-9-16)22-14-17-10-7-11-18(12-17)26-3;/h7,10-12,16H,4-6,8-9,13-15H2,1-3H3,(H2,21,22,23);1H. The molecule has 1 aliphatic carbocycles. The van der Waals surface area contributed by atoms with Gasteiger partial charge in [0.05, 0.1) is 20.2 Å². The number of aliphatic imine (C=N–C) groups is 1. The minimum atomic E-state index is 0. The van der Waals surface area contributed by atoms with Crippen molar-refractivity contribution in [2.45, 2.75) is 38.6 Å². The van der Waals surface area contributed by atoms with Crippen LogP contribution in [0.3, 0.4) is 0 Å². The largest absolute Gasteiger partial charge is 0.497 e. The van der Waals surface area contributed by atoms with Crippen LogP contribution < -0.4 is 15.4 Å². The number of rotatable bonds is 7. The fourth-order valence-corrected chi connectivity index (χ4v) is 3.07. The van der Waals surface area contributed by atoms with Crippen LogP contribution in [0.25, 0.3) is 0 Å². The van der Waals surface area contributed by atoms with Crippen molar-refractivity contribution in [2.24, 2.45) is 10.9 Å². The van der Waals surface area contributed by atoms with E-state index in [4.69, 9.17) is 4.74 Å². The van der Waals surface area contributed by atoms with Gasteiger partial charge < -0.3 is 20.3 Å². The molecule has 0 radical (unpaired) electrons. The Bertz CT molecular complexity index is 601. The molecule has 0 spiro atoms. The van der Waals surface area contributed by atoms with Crippen molar-refractivity contribution in [1.82, 2.24) is 15.5 Å². The van der Waals surface area contributed by atoms with E-state index in [2.05, 4.69) is 15.6 Å². The molecule has 6 nitrogen and oxygen atoms in total. The van der Waals surface area contributed by atoms with Crippen LogP contribution in [0.2, 0.25) is 0 Å². The summed E-state index contributed by atoms with van der Waals surface area (Å²) < 4.78 is 5.26. The minimum absolute atomic E-state index is 0. The maximum absolute atomic E-state index is 11.9. The quantitative estimate of drug-likeness (QED) is 0.352. The second-order valence-corrected chi connectivity index (χ2v) is 7.04. The van der Waals surface area contributed by atoms with Gasteiger partial charge in [-0.3, -0.25) is 4.79 Å². The lowest BCUT2D eigenvalue weighted by Crippen LogP contribution is -2.44. The first-order valence-electron chi connectivity index (χ1n) is 9.43. The van der Waals surface area contributed by atoms with Crippen molar-refractivity contribution in [3.8, 4) is 5.75 Å². The number of benzene rings is 1. The molecule has 0 saturated heterocycles. The Morgan fingerprint density at radius 2 is 1.96 bits per heavy atom. The van der Waals surface area contributed by atoms with E-state index in [1.165, 1.54) is 32.1 Å². The van der Waals surface area contributed by atoms with Crippen LogP contribution in [0.4, 0.5) is 0 Å². The molecule has 1 amide bonds. The summed E-state index contributed by atoms with van der Waals surface area (Å²) in [5.74, 6) is 2.23. The van der Waals surface area contributed by atoms with Crippen molar-refractivity contribution in [2.75, 3.05) is 34.3 Å². The summed E-state index contributed by atoms with van der Waals surface area (Å²) in [4.78, 5) is 18.1. The van der Waals surface area contributed by atoms with Gasteiger partial charge in [0.15, 0.2) is 5.96 Å². The van der Waals surface area contributed by atoms with E-state index in [1.807, 2.05) is 24.3 Å². The molecule has 1 fully saturated rings. The summed E-state index contributed by atoms with van der Waals surface area (Å²) in [6.07, 6.45) is 6.52. The van der Waals surface area contributed by atoms with Gasteiger partial charge in [-0.1, -0.05) is 31.4 Å². The summed E-state index contributed by atoms with van der Waals surface area (Å²) in [5.41, 5.74) is 1.07. The highest BCUT2D eigenvalue weighted by Gasteiger charge is 2.14. The van der Waals surface area contributed by atoms with Gasteiger partial charge >= 0.3 is 0 Å².